The Morgan fingerprint density at radius 1 is 1.16 bits per heavy atom. The van der Waals surface area contributed by atoms with E-state index in [4.69, 9.17) is 4.74 Å². The third kappa shape index (κ3) is 2.92. The first-order valence-electron chi connectivity index (χ1n) is 7.76. The molecule has 2 aromatic heterocycles. The number of methoxy groups -OCH3 is 1. The zero-order valence-electron chi connectivity index (χ0n) is 13.8. The van der Waals surface area contributed by atoms with Crippen LogP contribution in [0.4, 0.5) is 0 Å². The second-order valence-electron chi connectivity index (χ2n) is 5.69. The molecule has 5 nitrogen and oxygen atoms in total. The molecule has 0 radical (unpaired) electrons. The summed E-state index contributed by atoms with van der Waals surface area (Å²) >= 11 is 1.34. The normalized spacial score (nSPS) is 12.0. The van der Waals surface area contributed by atoms with Crippen molar-refractivity contribution in [3.05, 3.63) is 74.5 Å². The van der Waals surface area contributed by atoms with E-state index in [9.17, 15) is 4.79 Å². The summed E-state index contributed by atoms with van der Waals surface area (Å²) in [5.74, 6) is 1.35. The Kier molecular flexibility index (Phi) is 3.82. The summed E-state index contributed by atoms with van der Waals surface area (Å²) in [7, 11) is 1.63. The predicted molar refractivity (Wildman–Crippen MR) is 99.1 cm³/mol. The zero-order valence-corrected chi connectivity index (χ0v) is 14.6. The van der Waals surface area contributed by atoms with Crippen LogP contribution in [0.3, 0.4) is 0 Å². The van der Waals surface area contributed by atoms with Crippen LogP contribution in [0.2, 0.25) is 0 Å². The minimum Gasteiger partial charge on any atom is -0.497 e. The quantitative estimate of drug-likeness (QED) is 0.571. The van der Waals surface area contributed by atoms with Gasteiger partial charge in [-0.25, -0.2) is 0 Å². The van der Waals surface area contributed by atoms with Crippen LogP contribution in [0.5, 0.6) is 5.75 Å². The number of ether oxygens (including phenoxy) is 1. The SMILES string of the molecule is COc1ccc(/C=c2/sc3nc(-c4cccc(C)c4)nn3c2=O)cc1. The van der Waals surface area contributed by atoms with E-state index < -0.39 is 0 Å². The van der Waals surface area contributed by atoms with Crippen molar-refractivity contribution in [1.29, 1.82) is 0 Å². The molecule has 0 atom stereocenters. The molecule has 0 fully saturated rings. The molecule has 25 heavy (non-hydrogen) atoms. The number of rotatable bonds is 3. The Morgan fingerprint density at radius 2 is 1.96 bits per heavy atom. The van der Waals surface area contributed by atoms with Crippen LogP contribution in [0.25, 0.3) is 22.4 Å². The Morgan fingerprint density at radius 3 is 2.64 bits per heavy atom. The number of hydrogen-bond donors (Lipinski definition) is 0. The Bertz CT molecular complexity index is 1160. The van der Waals surface area contributed by atoms with Gasteiger partial charge in [0.05, 0.1) is 11.6 Å². The van der Waals surface area contributed by atoms with Crippen molar-refractivity contribution < 1.29 is 4.74 Å². The van der Waals surface area contributed by atoms with Crippen LogP contribution < -0.4 is 14.8 Å². The van der Waals surface area contributed by atoms with E-state index in [0.717, 1.165) is 22.4 Å². The first kappa shape index (κ1) is 15.5. The highest BCUT2D eigenvalue weighted by Gasteiger charge is 2.11. The van der Waals surface area contributed by atoms with Crippen LogP contribution in [-0.4, -0.2) is 21.7 Å². The summed E-state index contributed by atoms with van der Waals surface area (Å²) in [5, 5.41) is 4.38. The van der Waals surface area contributed by atoms with E-state index in [1.54, 1.807) is 7.11 Å². The van der Waals surface area contributed by atoms with Gasteiger partial charge in [-0.3, -0.25) is 4.79 Å². The van der Waals surface area contributed by atoms with Gasteiger partial charge in [-0.1, -0.05) is 47.2 Å². The van der Waals surface area contributed by atoms with Crippen LogP contribution in [0.1, 0.15) is 11.1 Å². The highest BCUT2D eigenvalue weighted by molar-refractivity contribution is 7.15. The first-order valence-corrected chi connectivity index (χ1v) is 8.58. The van der Waals surface area contributed by atoms with E-state index in [0.29, 0.717) is 15.3 Å². The Labute approximate surface area is 147 Å². The smallest absolute Gasteiger partial charge is 0.291 e. The van der Waals surface area contributed by atoms with Crippen molar-refractivity contribution >= 4 is 22.4 Å². The van der Waals surface area contributed by atoms with Gasteiger partial charge in [-0.2, -0.15) is 9.50 Å². The predicted octanol–water partition coefficient (Wildman–Crippen LogP) is 2.68. The lowest BCUT2D eigenvalue weighted by Crippen LogP contribution is -2.23. The fraction of sp³-hybridized carbons (Fsp3) is 0.105. The fourth-order valence-electron chi connectivity index (χ4n) is 2.59. The average Bonchev–Trinajstić information content (AvgIpc) is 3.16. The molecule has 6 heteroatoms. The van der Waals surface area contributed by atoms with Crippen molar-refractivity contribution in [1.82, 2.24) is 14.6 Å². The number of benzene rings is 2. The second kappa shape index (κ2) is 6.14. The van der Waals surface area contributed by atoms with E-state index in [2.05, 4.69) is 10.1 Å². The molecule has 0 aliphatic carbocycles. The molecule has 2 heterocycles. The number of thiazole rings is 1. The first-order chi connectivity index (χ1) is 12.1. The van der Waals surface area contributed by atoms with Gasteiger partial charge >= 0.3 is 0 Å². The molecule has 0 N–H and O–H groups in total. The molecule has 0 saturated heterocycles. The topological polar surface area (TPSA) is 56.5 Å². The van der Waals surface area contributed by atoms with Crippen LogP contribution >= 0.6 is 11.3 Å². The van der Waals surface area contributed by atoms with Crippen molar-refractivity contribution in [2.45, 2.75) is 6.92 Å². The lowest BCUT2D eigenvalue weighted by molar-refractivity contribution is 0.415. The van der Waals surface area contributed by atoms with Crippen molar-refractivity contribution in [3.63, 3.8) is 0 Å². The van der Waals surface area contributed by atoms with Crippen LogP contribution in [-0.2, 0) is 0 Å². The van der Waals surface area contributed by atoms with Crippen molar-refractivity contribution in [2.24, 2.45) is 0 Å². The molecular formula is C19H15N3O2S. The molecule has 0 amide bonds. The van der Waals surface area contributed by atoms with Gasteiger partial charge in [0.15, 0.2) is 5.82 Å². The number of fused-ring (bicyclic) bond motifs is 1. The van der Waals surface area contributed by atoms with Gasteiger partial charge in [0.25, 0.3) is 5.56 Å². The van der Waals surface area contributed by atoms with Crippen LogP contribution in [0, 0.1) is 6.92 Å². The minimum atomic E-state index is -0.151. The summed E-state index contributed by atoms with van der Waals surface area (Å²) < 4.78 is 7.13. The maximum Gasteiger partial charge on any atom is 0.291 e. The molecule has 0 spiro atoms. The molecule has 0 saturated carbocycles. The van der Waals surface area contributed by atoms with Crippen molar-refractivity contribution in [3.8, 4) is 17.1 Å². The van der Waals surface area contributed by atoms with Gasteiger partial charge in [-0.15, -0.1) is 5.10 Å². The molecular weight excluding hydrogens is 334 g/mol. The largest absolute Gasteiger partial charge is 0.497 e. The molecule has 0 aliphatic rings. The number of aryl methyl sites for hydroxylation is 1. The lowest BCUT2D eigenvalue weighted by Gasteiger charge is -1.98. The van der Waals surface area contributed by atoms with E-state index in [-0.39, 0.29) is 5.56 Å². The van der Waals surface area contributed by atoms with Gasteiger partial charge in [0, 0.05) is 5.56 Å². The summed E-state index contributed by atoms with van der Waals surface area (Å²) in [6.45, 7) is 2.02. The summed E-state index contributed by atoms with van der Waals surface area (Å²) in [6, 6.07) is 15.5. The minimum absolute atomic E-state index is 0.151. The third-order valence-electron chi connectivity index (χ3n) is 3.87. The fourth-order valence-corrected chi connectivity index (χ4v) is 3.50. The highest BCUT2D eigenvalue weighted by atomic mass is 32.1. The van der Waals surface area contributed by atoms with Gasteiger partial charge < -0.3 is 4.74 Å². The van der Waals surface area contributed by atoms with Crippen LogP contribution in [0.15, 0.2) is 53.3 Å². The van der Waals surface area contributed by atoms with E-state index in [1.807, 2.05) is 61.5 Å². The lowest BCUT2D eigenvalue weighted by atomic mass is 10.1. The average molecular weight is 349 g/mol. The van der Waals surface area contributed by atoms with E-state index in [1.165, 1.54) is 15.9 Å². The maximum atomic E-state index is 12.6. The maximum absolute atomic E-state index is 12.6. The number of aromatic nitrogens is 3. The number of nitrogens with zero attached hydrogens (tertiary/aromatic N) is 3. The number of hydrogen-bond acceptors (Lipinski definition) is 5. The summed E-state index contributed by atoms with van der Waals surface area (Å²) in [5.41, 5.74) is 2.83. The zero-order chi connectivity index (χ0) is 17.4. The molecule has 2 aromatic carbocycles. The van der Waals surface area contributed by atoms with E-state index >= 15 is 0 Å². The molecule has 4 aromatic rings. The highest BCUT2D eigenvalue weighted by Crippen LogP contribution is 2.17. The molecule has 0 bridgehead atoms. The monoisotopic (exact) mass is 349 g/mol. The summed E-state index contributed by atoms with van der Waals surface area (Å²) in [4.78, 5) is 17.7. The molecule has 0 aliphatic heterocycles. The van der Waals surface area contributed by atoms with Gasteiger partial charge in [0.1, 0.15) is 5.75 Å². The molecule has 0 unspecified atom stereocenters. The summed E-state index contributed by atoms with van der Waals surface area (Å²) in [6.07, 6.45) is 1.84. The van der Waals surface area contributed by atoms with Gasteiger partial charge in [0.2, 0.25) is 4.96 Å². The molecule has 4 rings (SSSR count). The second-order valence-corrected chi connectivity index (χ2v) is 6.70. The Hall–Kier alpha value is -2.99. The molecule has 124 valence electrons. The van der Waals surface area contributed by atoms with Crippen molar-refractivity contribution in [2.75, 3.05) is 7.11 Å². The Balaban J connectivity index is 1.77. The standard InChI is InChI=1S/C19H15N3O2S/c1-12-4-3-5-14(10-12)17-20-19-22(21-17)18(23)16(25-19)11-13-6-8-15(24-2)9-7-13/h3-11H,1-2H3/b16-11+. The van der Waals surface area contributed by atoms with Gasteiger partial charge in [-0.05, 0) is 36.8 Å². The third-order valence-corrected chi connectivity index (χ3v) is 4.83.